The number of carbonyl (C=O) groups excluding carboxylic acids is 2. The minimum absolute atomic E-state index is 0.0144. The summed E-state index contributed by atoms with van der Waals surface area (Å²) in [5, 5.41) is 2.72. The van der Waals surface area contributed by atoms with E-state index in [0.29, 0.717) is 26.2 Å². The molecule has 20 heavy (non-hydrogen) atoms. The quantitative estimate of drug-likeness (QED) is 0.777. The summed E-state index contributed by atoms with van der Waals surface area (Å²) >= 11 is 5.84. The van der Waals surface area contributed by atoms with Gasteiger partial charge in [0.1, 0.15) is 11.0 Å². The monoisotopic (exact) mass is 298 g/mol. The lowest BCUT2D eigenvalue weighted by Gasteiger charge is -2.36. The maximum Gasteiger partial charge on any atom is 0.317 e. The van der Waals surface area contributed by atoms with Gasteiger partial charge in [0.15, 0.2) is 0 Å². The lowest BCUT2D eigenvalue weighted by atomic mass is 10.1. The number of piperazine rings is 1. The van der Waals surface area contributed by atoms with Crippen molar-refractivity contribution in [1.29, 1.82) is 0 Å². The normalized spacial score (nSPS) is 21.7. The minimum atomic E-state index is -0.603. The second-order valence-corrected chi connectivity index (χ2v) is 5.13. The standard InChI is InChI=1S/C12H12ClFN4O2/c13-10-9(3-7(14)4-15-10)11(19)17-1-2-18-8(6-17)5-16-12(18)20/h3-4,8H,1-2,5-6H2,(H,16,20). The Hall–Kier alpha value is -1.89. The van der Waals surface area contributed by atoms with Gasteiger partial charge >= 0.3 is 6.03 Å². The summed E-state index contributed by atoms with van der Waals surface area (Å²) < 4.78 is 13.2. The molecule has 0 spiro atoms. The number of fused-ring (bicyclic) bond motifs is 1. The van der Waals surface area contributed by atoms with Gasteiger partial charge in [-0.2, -0.15) is 0 Å². The number of nitrogens with zero attached hydrogens (tertiary/aromatic N) is 3. The predicted molar refractivity (Wildman–Crippen MR) is 69.0 cm³/mol. The number of hydrogen-bond acceptors (Lipinski definition) is 3. The fraction of sp³-hybridized carbons (Fsp3) is 0.417. The van der Waals surface area contributed by atoms with Crippen LogP contribution < -0.4 is 5.32 Å². The molecule has 0 radical (unpaired) electrons. The molecule has 3 amide bonds. The van der Waals surface area contributed by atoms with Crippen molar-refractivity contribution in [3.8, 4) is 0 Å². The summed E-state index contributed by atoms with van der Waals surface area (Å²) in [4.78, 5) is 30.8. The van der Waals surface area contributed by atoms with E-state index in [-0.39, 0.29) is 28.7 Å². The van der Waals surface area contributed by atoms with Gasteiger partial charge < -0.3 is 15.1 Å². The smallest absolute Gasteiger partial charge is 0.317 e. The Morgan fingerprint density at radius 1 is 1.50 bits per heavy atom. The molecule has 8 heteroatoms. The molecule has 6 nitrogen and oxygen atoms in total. The number of pyridine rings is 1. The Morgan fingerprint density at radius 2 is 2.30 bits per heavy atom. The molecule has 2 aliphatic rings. The van der Waals surface area contributed by atoms with Crippen molar-refractivity contribution in [2.75, 3.05) is 26.2 Å². The Bertz CT molecular complexity index is 583. The van der Waals surface area contributed by atoms with Gasteiger partial charge in [0.05, 0.1) is 17.8 Å². The highest BCUT2D eigenvalue weighted by molar-refractivity contribution is 6.32. The van der Waals surface area contributed by atoms with E-state index in [1.165, 1.54) is 0 Å². The van der Waals surface area contributed by atoms with Gasteiger partial charge in [0.25, 0.3) is 5.91 Å². The van der Waals surface area contributed by atoms with Gasteiger partial charge in [-0.05, 0) is 6.07 Å². The number of carbonyl (C=O) groups is 2. The lowest BCUT2D eigenvalue weighted by molar-refractivity contribution is 0.0616. The zero-order valence-corrected chi connectivity index (χ0v) is 11.2. The van der Waals surface area contributed by atoms with Crippen molar-refractivity contribution in [2.24, 2.45) is 0 Å². The maximum atomic E-state index is 13.2. The highest BCUT2D eigenvalue weighted by Crippen LogP contribution is 2.20. The average Bonchev–Trinajstić information content (AvgIpc) is 2.82. The van der Waals surface area contributed by atoms with Crippen LogP contribution in [0.1, 0.15) is 10.4 Å². The molecule has 1 atom stereocenters. The van der Waals surface area contributed by atoms with Crippen LogP contribution in [0, 0.1) is 5.82 Å². The van der Waals surface area contributed by atoms with E-state index in [1.807, 2.05) is 0 Å². The summed E-state index contributed by atoms with van der Waals surface area (Å²) in [6.45, 7) is 1.78. The third-order valence-corrected chi connectivity index (χ3v) is 3.86. The Labute approximate surface area is 119 Å². The number of urea groups is 1. The topological polar surface area (TPSA) is 65.5 Å². The molecule has 0 saturated carbocycles. The van der Waals surface area contributed by atoms with Crippen LogP contribution in [0.15, 0.2) is 12.3 Å². The molecule has 1 aromatic heterocycles. The molecule has 2 fully saturated rings. The zero-order chi connectivity index (χ0) is 14.3. The molecular weight excluding hydrogens is 287 g/mol. The fourth-order valence-corrected chi connectivity index (χ4v) is 2.72. The molecule has 2 saturated heterocycles. The molecule has 1 unspecified atom stereocenters. The van der Waals surface area contributed by atoms with Gasteiger partial charge in [-0.3, -0.25) is 4.79 Å². The van der Waals surface area contributed by atoms with Crippen molar-refractivity contribution in [3.63, 3.8) is 0 Å². The van der Waals surface area contributed by atoms with Gasteiger partial charge in [-0.25, -0.2) is 14.2 Å². The highest BCUT2D eigenvalue weighted by Gasteiger charge is 2.37. The van der Waals surface area contributed by atoms with E-state index in [9.17, 15) is 14.0 Å². The second kappa shape index (κ2) is 4.90. The first-order chi connectivity index (χ1) is 9.56. The maximum absolute atomic E-state index is 13.2. The summed E-state index contributed by atoms with van der Waals surface area (Å²) in [7, 11) is 0. The summed E-state index contributed by atoms with van der Waals surface area (Å²) in [5.74, 6) is -0.963. The van der Waals surface area contributed by atoms with Crippen LogP contribution in [0.5, 0.6) is 0 Å². The van der Waals surface area contributed by atoms with Crippen molar-refractivity contribution >= 4 is 23.5 Å². The van der Waals surface area contributed by atoms with Crippen LogP contribution in [0.2, 0.25) is 5.15 Å². The largest absolute Gasteiger partial charge is 0.336 e. The minimum Gasteiger partial charge on any atom is -0.336 e. The lowest BCUT2D eigenvalue weighted by Crippen LogP contribution is -2.53. The van der Waals surface area contributed by atoms with E-state index < -0.39 is 5.82 Å². The van der Waals surface area contributed by atoms with Crippen LogP contribution in [0.25, 0.3) is 0 Å². The average molecular weight is 299 g/mol. The number of hydrogen-bond donors (Lipinski definition) is 1. The van der Waals surface area contributed by atoms with Crippen LogP contribution >= 0.6 is 11.6 Å². The predicted octanol–water partition coefficient (Wildman–Crippen LogP) is 0.724. The number of nitrogens with one attached hydrogen (secondary N) is 1. The van der Waals surface area contributed by atoms with Crippen molar-refractivity contribution < 1.29 is 14.0 Å². The third-order valence-electron chi connectivity index (χ3n) is 3.56. The van der Waals surface area contributed by atoms with Crippen LogP contribution in [-0.2, 0) is 0 Å². The molecule has 1 N–H and O–H groups in total. The first-order valence-corrected chi connectivity index (χ1v) is 6.59. The van der Waals surface area contributed by atoms with Crippen molar-refractivity contribution in [2.45, 2.75) is 6.04 Å². The van der Waals surface area contributed by atoms with E-state index in [0.717, 1.165) is 12.3 Å². The Balaban J connectivity index is 1.78. The van der Waals surface area contributed by atoms with E-state index in [1.54, 1.807) is 9.80 Å². The van der Waals surface area contributed by atoms with Crippen molar-refractivity contribution in [3.05, 3.63) is 28.8 Å². The van der Waals surface area contributed by atoms with Gasteiger partial charge in [-0.1, -0.05) is 11.6 Å². The first kappa shape index (κ1) is 13.1. The molecule has 1 aromatic rings. The molecule has 3 rings (SSSR count). The molecule has 106 valence electrons. The fourth-order valence-electron chi connectivity index (χ4n) is 2.53. The van der Waals surface area contributed by atoms with Gasteiger partial charge in [0, 0.05) is 26.2 Å². The molecular formula is C12H12ClFN4O2. The Morgan fingerprint density at radius 3 is 3.10 bits per heavy atom. The third kappa shape index (κ3) is 2.18. The molecule has 0 aromatic carbocycles. The Kier molecular flexibility index (Phi) is 3.21. The second-order valence-electron chi connectivity index (χ2n) is 4.78. The van der Waals surface area contributed by atoms with Crippen LogP contribution in [-0.4, -0.2) is 58.9 Å². The number of halogens is 2. The number of aromatic nitrogens is 1. The van der Waals surface area contributed by atoms with Gasteiger partial charge in [-0.15, -0.1) is 0 Å². The summed E-state index contributed by atoms with van der Waals surface area (Å²) in [5.41, 5.74) is 0.0531. The zero-order valence-electron chi connectivity index (χ0n) is 10.5. The highest BCUT2D eigenvalue weighted by atomic mass is 35.5. The first-order valence-electron chi connectivity index (χ1n) is 6.21. The van der Waals surface area contributed by atoms with E-state index in [2.05, 4.69) is 10.3 Å². The summed E-state index contributed by atoms with van der Waals surface area (Å²) in [6, 6.07) is 0.940. The number of rotatable bonds is 1. The van der Waals surface area contributed by atoms with Crippen molar-refractivity contribution in [1.82, 2.24) is 20.1 Å². The molecule has 0 bridgehead atoms. The van der Waals surface area contributed by atoms with Crippen LogP contribution in [0.4, 0.5) is 9.18 Å². The van der Waals surface area contributed by atoms with Gasteiger partial charge in [0.2, 0.25) is 0 Å². The van der Waals surface area contributed by atoms with E-state index >= 15 is 0 Å². The SMILES string of the molecule is O=C(c1cc(F)cnc1Cl)N1CCN2C(=O)NCC2C1. The molecule has 2 aliphatic heterocycles. The number of amides is 3. The molecule has 0 aliphatic carbocycles. The van der Waals surface area contributed by atoms with Crippen LogP contribution in [0.3, 0.4) is 0 Å². The van der Waals surface area contributed by atoms with E-state index in [4.69, 9.17) is 11.6 Å². The molecule has 3 heterocycles. The summed E-state index contributed by atoms with van der Waals surface area (Å²) in [6.07, 6.45) is 0.969.